The predicted molar refractivity (Wildman–Crippen MR) is 67.8 cm³/mol. The largest absolute Gasteiger partial charge is 0.417 e. The second-order valence-electron chi connectivity index (χ2n) is 4.56. The number of hydrogen-bond acceptors (Lipinski definition) is 1. The van der Waals surface area contributed by atoms with E-state index in [2.05, 4.69) is 15.9 Å². The maximum atomic E-state index is 12.6. The SMILES string of the molecule is CC(C)C(CBr)Cn1cc(C(F)(F)F)ccc1=O. The third kappa shape index (κ3) is 3.86. The molecular weight excluding hydrogens is 311 g/mol. The highest BCUT2D eigenvalue weighted by Crippen LogP contribution is 2.28. The van der Waals surface area contributed by atoms with Crippen LogP contribution in [0.4, 0.5) is 13.2 Å². The molecule has 1 aromatic heterocycles. The van der Waals surface area contributed by atoms with Crippen LogP contribution in [0.5, 0.6) is 0 Å². The molecule has 0 aliphatic heterocycles. The molecule has 0 amide bonds. The lowest BCUT2D eigenvalue weighted by Gasteiger charge is -2.20. The Kier molecular flexibility index (Phi) is 5.01. The fourth-order valence-electron chi connectivity index (χ4n) is 1.53. The van der Waals surface area contributed by atoms with Crippen molar-refractivity contribution in [3.8, 4) is 0 Å². The Bertz CT molecular complexity index is 453. The zero-order chi connectivity index (χ0) is 13.9. The standard InChI is InChI=1S/C12H15BrF3NO/c1-8(2)9(5-13)6-17-7-10(12(14,15)16)3-4-11(17)18/h3-4,7-9H,5-6H2,1-2H3. The molecule has 1 aromatic rings. The zero-order valence-electron chi connectivity index (χ0n) is 10.2. The number of pyridine rings is 1. The molecule has 0 radical (unpaired) electrons. The lowest BCUT2D eigenvalue weighted by Crippen LogP contribution is -2.27. The molecule has 102 valence electrons. The van der Waals surface area contributed by atoms with E-state index in [9.17, 15) is 18.0 Å². The van der Waals surface area contributed by atoms with Crippen molar-refractivity contribution in [3.05, 3.63) is 34.2 Å². The van der Waals surface area contributed by atoms with Crippen molar-refractivity contribution in [1.82, 2.24) is 4.57 Å². The summed E-state index contributed by atoms with van der Waals surface area (Å²) < 4.78 is 38.8. The fourth-order valence-corrected chi connectivity index (χ4v) is 2.48. The van der Waals surface area contributed by atoms with Crippen LogP contribution in [0.25, 0.3) is 0 Å². The lowest BCUT2D eigenvalue weighted by molar-refractivity contribution is -0.138. The third-order valence-corrected chi connectivity index (χ3v) is 3.71. The smallest absolute Gasteiger partial charge is 0.315 e. The molecule has 0 N–H and O–H groups in total. The van der Waals surface area contributed by atoms with Crippen LogP contribution in [-0.4, -0.2) is 9.90 Å². The summed E-state index contributed by atoms with van der Waals surface area (Å²) in [6.45, 7) is 4.24. The van der Waals surface area contributed by atoms with E-state index in [1.165, 1.54) is 0 Å². The number of alkyl halides is 4. The van der Waals surface area contributed by atoms with E-state index >= 15 is 0 Å². The summed E-state index contributed by atoms with van der Waals surface area (Å²) in [6.07, 6.45) is -3.53. The van der Waals surface area contributed by atoms with Gasteiger partial charge in [-0.25, -0.2) is 0 Å². The first-order chi connectivity index (χ1) is 8.25. The van der Waals surface area contributed by atoms with Crippen molar-refractivity contribution in [2.75, 3.05) is 5.33 Å². The highest BCUT2D eigenvalue weighted by Gasteiger charge is 2.31. The van der Waals surface area contributed by atoms with Crippen molar-refractivity contribution in [2.45, 2.75) is 26.6 Å². The van der Waals surface area contributed by atoms with E-state index in [1.54, 1.807) is 0 Å². The first kappa shape index (κ1) is 15.3. The van der Waals surface area contributed by atoms with Crippen molar-refractivity contribution in [3.63, 3.8) is 0 Å². The monoisotopic (exact) mass is 325 g/mol. The summed E-state index contributed by atoms with van der Waals surface area (Å²) in [7, 11) is 0. The predicted octanol–water partition coefficient (Wildman–Crippen LogP) is 3.53. The number of aromatic nitrogens is 1. The molecule has 1 rings (SSSR count). The van der Waals surface area contributed by atoms with E-state index in [4.69, 9.17) is 0 Å². The van der Waals surface area contributed by atoms with Gasteiger partial charge >= 0.3 is 6.18 Å². The first-order valence-electron chi connectivity index (χ1n) is 5.59. The molecule has 0 bridgehead atoms. The van der Waals surface area contributed by atoms with E-state index in [-0.39, 0.29) is 18.4 Å². The van der Waals surface area contributed by atoms with Gasteiger partial charge in [0.15, 0.2) is 0 Å². The van der Waals surface area contributed by atoms with Crippen LogP contribution in [-0.2, 0) is 12.7 Å². The average Bonchev–Trinajstić information content (AvgIpc) is 2.25. The summed E-state index contributed by atoms with van der Waals surface area (Å²) >= 11 is 3.32. The van der Waals surface area contributed by atoms with Gasteiger partial charge in [0.1, 0.15) is 0 Å². The van der Waals surface area contributed by atoms with Crippen molar-refractivity contribution < 1.29 is 13.2 Å². The molecule has 0 fully saturated rings. The summed E-state index contributed by atoms with van der Waals surface area (Å²) in [4.78, 5) is 11.6. The van der Waals surface area contributed by atoms with E-state index < -0.39 is 17.3 Å². The molecule has 1 atom stereocenters. The minimum absolute atomic E-state index is 0.117. The number of rotatable bonds is 4. The Morgan fingerprint density at radius 1 is 1.33 bits per heavy atom. The van der Waals surface area contributed by atoms with Gasteiger partial charge in [-0.15, -0.1) is 0 Å². The molecule has 6 heteroatoms. The fraction of sp³-hybridized carbons (Fsp3) is 0.583. The normalized spacial score (nSPS) is 13.9. The molecule has 2 nitrogen and oxygen atoms in total. The van der Waals surface area contributed by atoms with Crippen molar-refractivity contribution in [1.29, 1.82) is 0 Å². The zero-order valence-corrected chi connectivity index (χ0v) is 11.8. The van der Waals surface area contributed by atoms with Gasteiger partial charge in [-0.05, 0) is 17.9 Å². The Morgan fingerprint density at radius 2 is 1.94 bits per heavy atom. The number of halogens is 4. The molecular formula is C12H15BrF3NO. The van der Waals surface area contributed by atoms with Crippen LogP contribution in [0, 0.1) is 11.8 Å². The number of nitrogens with zero attached hydrogens (tertiary/aromatic N) is 1. The summed E-state index contributed by atoms with van der Waals surface area (Å²) in [6, 6.07) is 1.78. The van der Waals surface area contributed by atoms with Crippen LogP contribution >= 0.6 is 15.9 Å². The van der Waals surface area contributed by atoms with Gasteiger partial charge < -0.3 is 4.57 Å². The van der Waals surface area contributed by atoms with E-state index in [0.29, 0.717) is 5.33 Å². The summed E-state index contributed by atoms with van der Waals surface area (Å²) in [5, 5.41) is 0.646. The molecule has 0 saturated carbocycles. The van der Waals surface area contributed by atoms with E-state index in [1.807, 2.05) is 13.8 Å². The molecule has 0 aliphatic carbocycles. The van der Waals surface area contributed by atoms with Gasteiger partial charge in [0, 0.05) is 24.1 Å². The highest BCUT2D eigenvalue weighted by atomic mass is 79.9. The Morgan fingerprint density at radius 3 is 2.39 bits per heavy atom. The maximum Gasteiger partial charge on any atom is 0.417 e. The van der Waals surface area contributed by atoms with Crippen LogP contribution in [0.15, 0.2) is 23.1 Å². The van der Waals surface area contributed by atoms with Gasteiger partial charge in [0.05, 0.1) is 5.56 Å². The average molecular weight is 326 g/mol. The van der Waals surface area contributed by atoms with Crippen LogP contribution in [0.3, 0.4) is 0 Å². The second-order valence-corrected chi connectivity index (χ2v) is 5.21. The molecule has 0 spiro atoms. The Hall–Kier alpha value is -0.780. The topological polar surface area (TPSA) is 22.0 Å². The van der Waals surface area contributed by atoms with Crippen LogP contribution in [0.2, 0.25) is 0 Å². The van der Waals surface area contributed by atoms with Gasteiger partial charge in [-0.1, -0.05) is 29.8 Å². The molecule has 0 aromatic carbocycles. The van der Waals surface area contributed by atoms with Gasteiger partial charge in [-0.3, -0.25) is 4.79 Å². The Labute approximate surface area is 112 Å². The highest BCUT2D eigenvalue weighted by molar-refractivity contribution is 9.09. The second kappa shape index (κ2) is 5.91. The number of hydrogen-bond donors (Lipinski definition) is 0. The minimum Gasteiger partial charge on any atom is -0.315 e. The quantitative estimate of drug-likeness (QED) is 0.776. The first-order valence-corrected chi connectivity index (χ1v) is 6.71. The summed E-state index contributed by atoms with van der Waals surface area (Å²) in [5.41, 5.74) is -1.20. The minimum atomic E-state index is -4.42. The molecule has 1 heterocycles. The molecule has 0 aliphatic rings. The van der Waals surface area contributed by atoms with Crippen molar-refractivity contribution in [2.24, 2.45) is 11.8 Å². The molecule has 0 saturated heterocycles. The van der Waals surface area contributed by atoms with Gasteiger partial charge in [-0.2, -0.15) is 13.2 Å². The lowest BCUT2D eigenvalue weighted by atomic mass is 9.98. The molecule has 18 heavy (non-hydrogen) atoms. The van der Waals surface area contributed by atoms with Gasteiger partial charge in [0.25, 0.3) is 5.56 Å². The van der Waals surface area contributed by atoms with Gasteiger partial charge in [0.2, 0.25) is 0 Å². The molecule has 1 unspecified atom stereocenters. The third-order valence-electron chi connectivity index (χ3n) is 2.88. The Balaban J connectivity index is 3.05. The maximum absolute atomic E-state index is 12.6. The van der Waals surface area contributed by atoms with Crippen LogP contribution < -0.4 is 5.56 Å². The van der Waals surface area contributed by atoms with Crippen molar-refractivity contribution >= 4 is 15.9 Å². The van der Waals surface area contributed by atoms with Crippen LogP contribution in [0.1, 0.15) is 19.4 Å². The summed E-state index contributed by atoms with van der Waals surface area (Å²) in [5.74, 6) is 0.400. The van der Waals surface area contributed by atoms with E-state index in [0.717, 1.165) is 22.9 Å².